The van der Waals surface area contributed by atoms with Gasteiger partial charge < -0.3 is 15.0 Å². The summed E-state index contributed by atoms with van der Waals surface area (Å²) in [4.78, 5) is 19.6. The van der Waals surface area contributed by atoms with Gasteiger partial charge in [0.25, 0.3) is 0 Å². The van der Waals surface area contributed by atoms with Crippen molar-refractivity contribution in [2.75, 3.05) is 13.2 Å². The molecule has 0 spiro atoms. The molecule has 3 atom stereocenters. The van der Waals surface area contributed by atoms with E-state index in [1.807, 2.05) is 0 Å². The van der Waals surface area contributed by atoms with E-state index in [2.05, 4.69) is 27.5 Å². The Hall–Kier alpha value is -1.40. The number of aromatic nitrogens is 2. The van der Waals surface area contributed by atoms with Crippen LogP contribution in [-0.2, 0) is 22.5 Å². The number of ether oxygens (including phenoxy) is 1. The molecule has 0 saturated carbocycles. The van der Waals surface area contributed by atoms with Gasteiger partial charge in [0.05, 0.1) is 29.9 Å². The van der Waals surface area contributed by atoms with Crippen LogP contribution in [0.25, 0.3) is 0 Å². The molecular weight excluding hydrogens is 256 g/mol. The first kappa shape index (κ1) is 13.6. The van der Waals surface area contributed by atoms with E-state index >= 15 is 0 Å². The summed E-state index contributed by atoms with van der Waals surface area (Å²) in [5.74, 6) is 0.522. The summed E-state index contributed by atoms with van der Waals surface area (Å²) in [7, 11) is 0. The van der Waals surface area contributed by atoms with Crippen LogP contribution in [0.3, 0.4) is 0 Å². The smallest absolute Gasteiger partial charge is 0.237 e. The van der Waals surface area contributed by atoms with Crippen LogP contribution < -0.4 is 10.6 Å². The van der Waals surface area contributed by atoms with Crippen LogP contribution in [0.4, 0.5) is 0 Å². The van der Waals surface area contributed by atoms with Crippen molar-refractivity contribution in [3.63, 3.8) is 0 Å². The number of nitrogens with one attached hydrogen (secondary N) is 3. The van der Waals surface area contributed by atoms with Crippen molar-refractivity contribution in [2.24, 2.45) is 5.92 Å². The van der Waals surface area contributed by atoms with Gasteiger partial charge in [-0.3, -0.25) is 10.1 Å². The molecule has 1 aromatic heterocycles. The Balaban J connectivity index is 1.50. The van der Waals surface area contributed by atoms with E-state index in [-0.39, 0.29) is 11.9 Å². The molecule has 1 amide bonds. The molecule has 0 radical (unpaired) electrons. The van der Waals surface area contributed by atoms with Crippen molar-refractivity contribution in [3.8, 4) is 0 Å². The summed E-state index contributed by atoms with van der Waals surface area (Å²) < 4.78 is 5.65. The predicted molar refractivity (Wildman–Crippen MR) is 74.1 cm³/mol. The summed E-state index contributed by atoms with van der Waals surface area (Å²) in [5.41, 5.74) is 2.09. The molecule has 3 unspecified atom stereocenters. The third-order valence-electron chi connectivity index (χ3n) is 4.33. The zero-order chi connectivity index (χ0) is 13.9. The van der Waals surface area contributed by atoms with Gasteiger partial charge in [0, 0.05) is 32.0 Å². The lowest BCUT2D eigenvalue weighted by Crippen LogP contribution is -2.49. The summed E-state index contributed by atoms with van der Waals surface area (Å²) >= 11 is 0. The lowest BCUT2D eigenvalue weighted by atomic mass is 9.99. The average molecular weight is 278 g/mol. The molecule has 1 saturated heterocycles. The lowest BCUT2D eigenvalue weighted by molar-refractivity contribution is -0.123. The third kappa shape index (κ3) is 2.71. The van der Waals surface area contributed by atoms with Crippen LogP contribution in [0.15, 0.2) is 6.33 Å². The number of amides is 1. The first-order valence-corrected chi connectivity index (χ1v) is 7.41. The van der Waals surface area contributed by atoms with Gasteiger partial charge in [-0.25, -0.2) is 4.98 Å². The SMILES string of the molecule is CCC1OCCC1CNC(=O)C1Cc2nc[nH]c2CN1. The number of hydrogen-bond donors (Lipinski definition) is 3. The quantitative estimate of drug-likeness (QED) is 0.743. The topological polar surface area (TPSA) is 79.0 Å². The number of H-pyrrole nitrogens is 1. The average Bonchev–Trinajstić information content (AvgIpc) is 3.12. The molecule has 110 valence electrons. The van der Waals surface area contributed by atoms with Crippen molar-refractivity contribution >= 4 is 5.91 Å². The summed E-state index contributed by atoms with van der Waals surface area (Å²) in [6.07, 6.45) is 4.70. The highest BCUT2D eigenvalue weighted by Gasteiger charge is 2.29. The first-order valence-electron chi connectivity index (χ1n) is 7.41. The minimum atomic E-state index is -0.173. The second kappa shape index (κ2) is 5.93. The molecule has 3 heterocycles. The Morgan fingerprint density at radius 2 is 2.50 bits per heavy atom. The fourth-order valence-corrected chi connectivity index (χ4v) is 3.09. The van der Waals surface area contributed by atoms with Gasteiger partial charge in [-0.05, 0) is 12.8 Å². The van der Waals surface area contributed by atoms with Gasteiger partial charge in [-0.15, -0.1) is 0 Å². The first-order chi connectivity index (χ1) is 9.78. The summed E-state index contributed by atoms with van der Waals surface area (Å²) in [5, 5.41) is 6.31. The van der Waals surface area contributed by atoms with Gasteiger partial charge >= 0.3 is 0 Å². The second-order valence-corrected chi connectivity index (χ2v) is 5.58. The molecule has 2 aliphatic rings. The van der Waals surface area contributed by atoms with Crippen LogP contribution >= 0.6 is 0 Å². The normalized spacial score (nSPS) is 29.1. The number of carbonyl (C=O) groups is 1. The molecule has 0 bridgehead atoms. The highest BCUT2D eigenvalue weighted by molar-refractivity contribution is 5.82. The Bertz CT molecular complexity index is 473. The minimum Gasteiger partial charge on any atom is -0.378 e. The van der Waals surface area contributed by atoms with Crippen molar-refractivity contribution in [1.29, 1.82) is 0 Å². The zero-order valence-electron chi connectivity index (χ0n) is 11.8. The maximum atomic E-state index is 12.2. The molecule has 20 heavy (non-hydrogen) atoms. The van der Waals surface area contributed by atoms with Crippen molar-refractivity contribution in [1.82, 2.24) is 20.6 Å². The highest BCUT2D eigenvalue weighted by Crippen LogP contribution is 2.22. The maximum Gasteiger partial charge on any atom is 0.237 e. The van der Waals surface area contributed by atoms with E-state index in [0.717, 1.165) is 30.8 Å². The van der Waals surface area contributed by atoms with E-state index < -0.39 is 0 Å². The number of nitrogens with zero attached hydrogens (tertiary/aromatic N) is 1. The predicted octanol–water partition coefficient (Wildman–Crippen LogP) is 0.355. The van der Waals surface area contributed by atoms with E-state index in [4.69, 9.17) is 4.74 Å². The number of imidazole rings is 1. The van der Waals surface area contributed by atoms with E-state index in [9.17, 15) is 4.79 Å². The van der Waals surface area contributed by atoms with Crippen LogP contribution in [-0.4, -0.2) is 41.2 Å². The molecule has 6 heteroatoms. The van der Waals surface area contributed by atoms with Crippen LogP contribution in [0.5, 0.6) is 0 Å². The Morgan fingerprint density at radius 1 is 1.60 bits per heavy atom. The highest BCUT2D eigenvalue weighted by atomic mass is 16.5. The number of fused-ring (bicyclic) bond motifs is 1. The zero-order valence-corrected chi connectivity index (χ0v) is 11.8. The third-order valence-corrected chi connectivity index (χ3v) is 4.33. The van der Waals surface area contributed by atoms with E-state index in [1.54, 1.807) is 6.33 Å². The molecular formula is C14H22N4O2. The van der Waals surface area contributed by atoms with E-state index in [0.29, 0.717) is 31.5 Å². The molecule has 1 fully saturated rings. The summed E-state index contributed by atoms with van der Waals surface area (Å²) in [6.45, 7) is 4.34. The lowest BCUT2D eigenvalue weighted by Gasteiger charge is -2.24. The molecule has 2 aliphatic heterocycles. The minimum absolute atomic E-state index is 0.0698. The fourth-order valence-electron chi connectivity index (χ4n) is 3.09. The second-order valence-electron chi connectivity index (χ2n) is 5.58. The Morgan fingerprint density at radius 3 is 3.35 bits per heavy atom. The van der Waals surface area contributed by atoms with Crippen LogP contribution in [0.1, 0.15) is 31.2 Å². The molecule has 3 rings (SSSR count). The Kier molecular flexibility index (Phi) is 4.03. The summed E-state index contributed by atoms with van der Waals surface area (Å²) in [6, 6.07) is -0.173. The molecule has 6 nitrogen and oxygen atoms in total. The van der Waals surface area contributed by atoms with Crippen molar-refractivity contribution in [3.05, 3.63) is 17.7 Å². The fraction of sp³-hybridized carbons (Fsp3) is 0.714. The standard InChI is InChI=1S/C14H22N4O2/c1-2-13-9(3-4-20-13)6-16-14(19)11-5-10-12(7-15-11)18-8-17-10/h8-9,11,13,15H,2-7H2,1H3,(H,16,19)(H,17,18). The van der Waals surface area contributed by atoms with Gasteiger partial charge in [0.2, 0.25) is 5.91 Å². The van der Waals surface area contributed by atoms with Gasteiger partial charge in [0.1, 0.15) is 0 Å². The maximum absolute atomic E-state index is 12.2. The van der Waals surface area contributed by atoms with Crippen molar-refractivity contribution in [2.45, 2.75) is 44.9 Å². The van der Waals surface area contributed by atoms with Crippen LogP contribution in [0, 0.1) is 5.92 Å². The van der Waals surface area contributed by atoms with Gasteiger partial charge in [-0.1, -0.05) is 6.92 Å². The number of hydrogen-bond acceptors (Lipinski definition) is 4. The van der Waals surface area contributed by atoms with Crippen LogP contribution in [0.2, 0.25) is 0 Å². The molecule has 0 aromatic carbocycles. The molecule has 1 aromatic rings. The monoisotopic (exact) mass is 278 g/mol. The van der Waals surface area contributed by atoms with Crippen molar-refractivity contribution < 1.29 is 9.53 Å². The van der Waals surface area contributed by atoms with Gasteiger partial charge in [0.15, 0.2) is 0 Å². The number of aromatic amines is 1. The van der Waals surface area contributed by atoms with Gasteiger partial charge in [-0.2, -0.15) is 0 Å². The number of rotatable bonds is 4. The molecule has 0 aliphatic carbocycles. The largest absolute Gasteiger partial charge is 0.378 e. The molecule has 3 N–H and O–H groups in total. The van der Waals surface area contributed by atoms with E-state index in [1.165, 1.54) is 0 Å². The number of carbonyl (C=O) groups excluding carboxylic acids is 1. The Labute approximate surface area is 118 Å².